The number of hydrogen-bond donors (Lipinski definition) is 0. The lowest BCUT2D eigenvalue weighted by molar-refractivity contribution is 0.0695. The van der Waals surface area contributed by atoms with Crippen LogP contribution in [0.1, 0.15) is 16.1 Å². The Labute approximate surface area is 222 Å². The van der Waals surface area contributed by atoms with Gasteiger partial charge in [-0.1, -0.05) is 12.1 Å². The lowest BCUT2D eigenvalue weighted by atomic mass is 10.1. The minimum Gasteiger partial charge on any atom is -0.457 e. The number of halogens is 1. The Kier molecular flexibility index (Phi) is 7.54. The van der Waals surface area contributed by atoms with E-state index in [2.05, 4.69) is 11.1 Å². The number of ether oxygens (including phenoxy) is 1. The van der Waals surface area contributed by atoms with Crippen LogP contribution in [-0.2, 0) is 11.0 Å². The highest BCUT2D eigenvalue weighted by Crippen LogP contribution is 2.26. The Hall–Kier alpha value is -4.39. The van der Waals surface area contributed by atoms with Crippen LogP contribution in [0.3, 0.4) is 0 Å². The minimum atomic E-state index is -1.40. The molecule has 0 N–H and O–H groups in total. The number of benzene rings is 3. The number of amides is 1. The van der Waals surface area contributed by atoms with Crippen LogP contribution in [0.5, 0.6) is 11.5 Å². The highest BCUT2D eigenvalue weighted by atomic mass is 32.2. The number of hydrogen-bond acceptors (Lipinski definition) is 5. The van der Waals surface area contributed by atoms with Crippen molar-refractivity contribution in [2.75, 3.05) is 26.2 Å². The zero-order chi connectivity index (χ0) is 26.5. The third-order valence-electron chi connectivity index (χ3n) is 6.09. The Bertz CT molecular complexity index is 1510. The molecule has 1 aliphatic rings. The molecule has 4 aromatic rings. The molecule has 0 bridgehead atoms. The second-order valence-electron chi connectivity index (χ2n) is 8.60. The molecular weight excluding hydrogens is 503 g/mol. The number of nitrogens with zero attached hydrogens (tertiary/aromatic N) is 4. The summed E-state index contributed by atoms with van der Waals surface area (Å²) in [4.78, 5) is 20.1. The van der Waals surface area contributed by atoms with Gasteiger partial charge in [0.2, 0.25) is 0 Å². The first-order chi connectivity index (χ1) is 18.5. The van der Waals surface area contributed by atoms with Gasteiger partial charge in [0.15, 0.2) is 0 Å². The molecule has 3 aromatic carbocycles. The van der Waals surface area contributed by atoms with Gasteiger partial charge < -0.3 is 9.64 Å². The standard InChI is InChI=1S/C29H23FN4O3S/c30-23-9-13-25(14-10-23)37-24-11-7-22(8-12-24)27-5-2-6-28(32-27)29(35)33-15-17-34(18-16-33)38(36)26-4-1-3-21(19-26)20-31/h1-14,19H,15-18H2. The quantitative estimate of drug-likeness (QED) is 0.352. The summed E-state index contributed by atoms with van der Waals surface area (Å²) in [7, 11) is -1.40. The van der Waals surface area contributed by atoms with Crippen molar-refractivity contribution in [3.8, 4) is 28.8 Å². The first kappa shape index (κ1) is 25.3. The molecule has 9 heteroatoms. The molecule has 0 aliphatic carbocycles. The van der Waals surface area contributed by atoms with E-state index < -0.39 is 11.0 Å². The SMILES string of the molecule is N#Cc1cccc(S(=O)N2CCN(C(=O)c3cccc(-c4ccc(Oc5ccc(F)cc5)cc4)n3)CC2)c1. The zero-order valence-corrected chi connectivity index (χ0v) is 21.1. The van der Waals surface area contributed by atoms with E-state index in [9.17, 15) is 13.4 Å². The summed E-state index contributed by atoms with van der Waals surface area (Å²) in [6.45, 7) is 1.74. The van der Waals surface area contributed by atoms with Gasteiger partial charge in [0.05, 0.1) is 22.2 Å². The predicted octanol–water partition coefficient (Wildman–Crippen LogP) is 5.03. The van der Waals surface area contributed by atoms with Crippen LogP contribution in [0.15, 0.2) is 95.9 Å². The van der Waals surface area contributed by atoms with E-state index in [0.717, 1.165) is 5.56 Å². The molecule has 0 radical (unpaired) electrons. The smallest absolute Gasteiger partial charge is 0.272 e. The monoisotopic (exact) mass is 526 g/mol. The highest BCUT2D eigenvalue weighted by molar-refractivity contribution is 7.82. The summed E-state index contributed by atoms with van der Waals surface area (Å²) >= 11 is 0. The first-order valence-electron chi connectivity index (χ1n) is 12.0. The van der Waals surface area contributed by atoms with Crippen LogP contribution in [0.25, 0.3) is 11.3 Å². The summed E-state index contributed by atoms with van der Waals surface area (Å²) < 4.78 is 33.6. The molecule has 38 heavy (non-hydrogen) atoms. The van der Waals surface area contributed by atoms with Gasteiger partial charge in [-0.15, -0.1) is 0 Å². The number of piperazine rings is 1. The van der Waals surface area contributed by atoms with Crippen molar-refractivity contribution in [3.05, 3.63) is 108 Å². The first-order valence-corrected chi connectivity index (χ1v) is 13.1. The van der Waals surface area contributed by atoms with Crippen LogP contribution in [0.2, 0.25) is 0 Å². The number of carbonyl (C=O) groups excluding carboxylic acids is 1. The molecule has 7 nitrogen and oxygen atoms in total. The van der Waals surface area contributed by atoms with Crippen molar-refractivity contribution in [2.24, 2.45) is 0 Å². The third-order valence-corrected chi connectivity index (χ3v) is 7.58. The number of pyridine rings is 1. The van der Waals surface area contributed by atoms with Crippen LogP contribution >= 0.6 is 0 Å². The number of carbonyl (C=O) groups is 1. The molecular formula is C29H23FN4O3S. The van der Waals surface area contributed by atoms with Crippen LogP contribution < -0.4 is 4.74 Å². The Morgan fingerprint density at radius 3 is 2.24 bits per heavy atom. The minimum absolute atomic E-state index is 0.181. The van der Waals surface area contributed by atoms with Gasteiger partial charge in [-0.3, -0.25) is 4.79 Å². The normalized spacial score (nSPS) is 14.5. The van der Waals surface area contributed by atoms with Crippen molar-refractivity contribution >= 4 is 16.9 Å². The summed E-state index contributed by atoms with van der Waals surface area (Å²) in [5.41, 5.74) is 2.28. The van der Waals surface area contributed by atoms with E-state index in [4.69, 9.17) is 10.00 Å². The van der Waals surface area contributed by atoms with Gasteiger partial charge in [0.25, 0.3) is 5.91 Å². The molecule has 190 valence electrons. The fraction of sp³-hybridized carbons (Fsp3) is 0.138. The van der Waals surface area contributed by atoms with Gasteiger partial charge in [-0.2, -0.15) is 5.26 Å². The predicted molar refractivity (Wildman–Crippen MR) is 141 cm³/mol. The number of aromatic nitrogens is 1. The van der Waals surface area contributed by atoms with E-state index in [-0.39, 0.29) is 11.7 Å². The second kappa shape index (κ2) is 11.3. The van der Waals surface area contributed by atoms with Gasteiger partial charge in [-0.25, -0.2) is 17.9 Å². The van der Waals surface area contributed by atoms with Crippen LogP contribution in [-0.4, -0.2) is 50.5 Å². The van der Waals surface area contributed by atoms with Gasteiger partial charge in [0, 0.05) is 31.7 Å². The third kappa shape index (κ3) is 5.78. The summed E-state index contributed by atoms with van der Waals surface area (Å²) in [6, 6.07) is 27.2. The largest absolute Gasteiger partial charge is 0.457 e. The fourth-order valence-corrected chi connectivity index (χ4v) is 5.31. The lowest BCUT2D eigenvalue weighted by Gasteiger charge is -2.33. The van der Waals surface area contributed by atoms with E-state index in [1.807, 2.05) is 18.2 Å². The molecule has 1 atom stereocenters. The van der Waals surface area contributed by atoms with Gasteiger partial charge in [0.1, 0.15) is 34.0 Å². The maximum Gasteiger partial charge on any atom is 0.272 e. The molecule has 1 fully saturated rings. The maximum absolute atomic E-state index is 13.2. The summed E-state index contributed by atoms with van der Waals surface area (Å²) in [5.74, 6) is 0.624. The van der Waals surface area contributed by atoms with E-state index >= 15 is 0 Å². The average Bonchev–Trinajstić information content (AvgIpc) is 2.98. The van der Waals surface area contributed by atoms with Crippen molar-refractivity contribution < 1.29 is 18.1 Å². The van der Waals surface area contributed by atoms with Crippen LogP contribution in [0, 0.1) is 17.1 Å². The molecule has 1 saturated heterocycles. The zero-order valence-electron chi connectivity index (χ0n) is 20.3. The van der Waals surface area contributed by atoms with Gasteiger partial charge in [-0.05, 0) is 78.9 Å². The molecule has 1 aliphatic heterocycles. The van der Waals surface area contributed by atoms with Gasteiger partial charge >= 0.3 is 0 Å². The van der Waals surface area contributed by atoms with E-state index in [0.29, 0.717) is 59.5 Å². The molecule has 0 saturated carbocycles. The van der Waals surface area contributed by atoms with E-state index in [1.54, 1.807) is 69.9 Å². The van der Waals surface area contributed by atoms with Crippen molar-refractivity contribution in [1.29, 1.82) is 5.26 Å². The highest BCUT2D eigenvalue weighted by Gasteiger charge is 2.26. The maximum atomic E-state index is 13.2. The Balaban J connectivity index is 1.22. The Morgan fingerprint density at radius 2 is 1.55 bits per heavy atom. The average molecular weight is 527 g/mol. The van der Waals surface area contributed by atoms with Crippen LogP contribution in [0.4, 0.5) is 4.39 Å². The second-order valence-corrected chi connectivity index (χ2v) is 10.1. The number of rotatable bonds is 6. The summed E-state index contributed by atoms with van der Waals surface area (Å²) in [5, 5.41) is 9.10. The van der Waals surface area contributed by atoms with Crippen molar-refractivity contribution in [3.63, 3.8) is 0 Å². The molecule has 1 unspecified atom stereocenters. The van der Waals surface area contributed by atoms with Crippen molar-refractivity contribution in [1.82, 2.24) is 14.2 Å². The van der Waals surface area contributed by atoms with E-state index in [1.165, 1.54) is 12.1 Å². The van der Waals surface area contributed by atoms with Crippen molar-refractivity contribution in [2.45, 2.75) is 4.90 Å². The lowest BCUT2D eigenvalue weighted by Crippen LogP contribution is -2.49. The topological polar surface area (TPSA) is 86.5 Å². The summed E-state index contributed by atoms with van der Waals surface area (Å²) in [6.07, 6.45) is 0. The fourth-order valence-electron chi connectivity index (χ4n) is 4.09. The molecule has 1 aromatic heterocycles. The molecule has 5 rings (SSSR count). The molecule has 1 amide bonds. The molecule has 2 heterocycles. The Morgan fingerprint density at radius 1 is 0.895 bits per heavy atom. The molecule has 0 spiro atoms. The number of nitriles is 1.